The van der Waals surface area contributed by atoms with Crippen LogP contribution >= 0.6 is 0 Å². The van der Waals surface area contributed by atoms with Crippen LogP contribution in [-0.2, 0) is 17.3 Å². The van der Waals surface area contributed by atoms with Crippen LogP contribution in [0, 0.1) is 11.3 Å². The van der Waals surface area contributed by atoms with E-state index < -0.39 is 23.5 Å². The maximum absolute atomic E-state index is 14.5. The number of rotatable bonds is 3. The van der Waals surface area contributed by atoms with Crippen LogP contribution in [-0.4, -0.2) is 16.0 Å². The van der Waals surface area contributed by atoms with E-state index in [1.165, 1.54) is 43.5 Å². The Morgan fingerprint density at radius 2 is 2.17 bits per heavy atom. The summed E-state index contributed by atoms with van der Waals surface area (Å²) in [4.78, 5) is 17.2. The molecule has 0 radical (unpaired) electrons. The third-order valence-corrected chi connectivity index (χ3v) is 3.91. The molecular weight excluding hydrogens is 316 g/mol. The van der Waals surface area contributed by atoms with Gasteiger partial charge in [0.1, 0.15) is 0 Å². The highest BCUT2D eigenvalue weighted by Crippen LogP contribution is 2.47. The fourth-order valence-electron chi connectivity index (χ4n) is 2.81. The monoisotopic (exact) mass is 329 g/mol. The van der Waals surface area contributed by atoms with E-state index >= 15 is 0 Å². The summed E-state index contributed by atoms with van der Waals surface area (Å²) in [5.74, 6) is -5.08. The Hall–Kier alpha value is -2.85. The summed E-state index contributed by atoms with van der Waals surface area (Å²) in [6, 6.07) is 9.18. The van der Waals surface area contributed by atoms with Crippen molar-refractivity contribution >= 4 is 11.6 Å². The lowest BCUT2D eigenvalue weighted by molar-refractivity contribution is -0.141. The molecule has 2 aromatic rings. The van der Waals surface area contributed by atoms with Crippen LogP contribution in [0.25, 0.3) is 0 Å². The molecule has 122 valence electrons. The average Bonchev–Trinajstić information content (AvgIpc) is 2.76. The molecule has 0 saturated carbocycles. The van der Waals surface area contributed by atoms with Gasteiger partial charge in [-0.15, -0.1) is 0 Å². The van der Waals surface area contributed by atoms with Gasteiger partial charge in [0.15, 0.2) is 0 Å². The van der Waals surface area contributed by atoms with Crippen LogP contribution in [0.1, 0.15) is 35.4 Å². The van der Waals surface area contributed by atoms with E-state index in [-0.39, 0.29) is 17.8 Å². The lowest BCUT2D eigenvalue weighted by Gasteiger charge is -2.17. The molecule has 1 aliphatic rings. The number of aromatic nitrogens is 1. The zero-order valence-electron chi connectivity index (χ0n) is 12.7. The highest BCUT2D eigenvalue weighted by atomic mass is 19.3. The van der Waals surface area contributed by atoms with Gasteiger partial charge in [-0.3, -0.25) is 9.78 Å². The minimum absolute atomic E-state index is 0.0204. The van der Waals surface area contributed by atoms with Crippen molar-refractivity contribution < 1.29 is 18.7 Å². The van der Waals surface area contributed by atoms with Crippen LogP contribution in [0.4, 0.5) is 14.5 Å². The van der Waals surface area contributed by atoms with E-state index in [0.29, 0.717) is 11.3 Å². The molecule has 0 fully saturated rings. The molecule has 0 saturated heterocycles. The summed E-state index contributed by atoms with van der Waals surface area (Å²) < 4.78 is 28.9. The first kappa shape index (κ1) is 16.0. The van der Waals surface area contributed by atoms with Gasteiger partial charge >= 0.3 is 11.8 Å². The number of pyridine rings is 1. The molecule has 1 atom stereocenters. The first-order valence-corrected chi connectivity index (χ1v) is 7.22. The second-order valence-corrected chi connectivity index (χ2v) is 5.53. The second-order valence-electron chi connectivity index (χ2n) is 5.53. The molecule has 0 aliphatic carbocycles. The van der Waals surface area contributed by atoms with Gasteiger partial charge in [-0.2, -0.15) is 14.0 Å². The van der Waals surface area contributed by atoms with Gasteiger partial charge in [-0.25, -0.2) is 0 Å². The van der Waals surface area contributed by atoms with Crippen molar-refractivity contribution in [1.29, 1.82) is 5.26 Å². The van der Waals surface area contributed by atoms with Crippen molar-refractivity contribution in [3.8, 4) is 6.07 Å². The number of benzene rings is 1. The molecule has 3 rings (SSSR count). The maximum Gasteiger partial charge on any atom is 0.352 e. The van der Waals surface area contributed by atoms with Crippen molar-refractivity contribution in [3.63, 3.8) is 0 Å². The van der Waals surface area contributed by atoms with E-state index in [2.05, 4.69) is 4.98 Å². The number of aliphatic hydroxyl groups is 1. The van der Waals surface area contributed by atoms with E-state index in [0.717, 1.165) is 4.90 Å². The van der Waals surface area contributed by atoms with Gasteiger partial charge < -0.3 is 10.0 Å². The lowest BCUT2D eigenvalue weighted by Crippen LogP contribution is -2.34. The molecule has 0 bridgehead atoms. The number of halogens is 2. The zero-order valence-corrected chi connectivity index (χ0v) is 12.7. The zero-order chi connectivity index (χ0) is 17.5. The number of nitrogens with zero attached hydrogens (tertiary/aromatic N) is 3. The lowest BCUT2D eigenvalue weighted by atomic mass is 9.98. The van der Waals surface area contributed by atoms with Gasteiger partial charge in [0.2, 0.25) is 0 Å². The van der Waals surface area contributed by atoms with Gasteiger partial charge in [0, 0.05) is 6.20 Å². The van der Waals surface area contributed by atoms with Crippen LogP contribution in [0.5, 0.6) is 0 Å². The van der Waals surface area contributed by atoms with Crippen LogP contribution in [0.3, 0.4) is 0 Å². The third-order valence-electron chi connectivity index (χ3n) is 3.91. The Kier molecular flexibility index (Phi) is 3.78. The van der Waals surface area contributed by atoms with Crippen LogP contribution in [0.15, 0.2) is 36.5 Å². The quantitative estimate of drug-likeness (QED) is 0.939. The topological polar surface area (TPSA) is 77.2 Å². The smallest absolute Gasteiger partial charge is 0.352 e. The number of carbonyl (C=O) groups excluding carboxylic acids is 1. The highest BCUT2D eigenvalue weighted by Gasteiger charge is 2.54. The number of anilines is 1. The normalized spacial score (nSPS) is 16.6. The minimum atomic E-state index is -3.71. The summed E-state index contributed by atoms with van der Waals surface area (Å²) in [6.45, 7) is 1.19. The average molecular weight is 329 g/mol. The van der Waals surface area contributed by atoms with E-state index in [4.69, 9.17) is 5.26 Å². The van der Waals surface area contributed by atoms with Crippen molar-refractivity contribution in [1.82, 2.24) is 4.98 Å². The second kappa shape index (κ2) is 5.65. The van der Waals surface area contributed by atoms with Crippen LogP contribution < -0.4 is 4.90 Å². The third kappa shape index (κ3) is 2.41. The molecule has 1 N–H and O–H groups in total. The Labute approximate surface area is 136 Å². The van der Waals surface area contributed by atoms with Gasteiger partial charge in [0.25, 0.3) is 0 Å². The summed E-state index contributed by atoms with van der Waals surface area (Å²) in [7, 11) is 0. The number of hydrogen-bond donors (Lipinski definition) is 1. The fourth-order valence-corrected chi connectivity index (χ4v) is 2.81. The molecule has 1 amide bonds. The standard InChI is InChI=1S/C17H13F2N3O2/c1-10(23)13-3-2-4-14-15(13)17(18,19)16(24)22(14)9-12-7-11(8-20)5-6-21-12/h2-7,10,23H,9H2,1H3/t10-/m0/s1. The molecule has 2 heterocycles. The first-order valence-electron chi connectivity index (χ1n) is 7.22. The largest absolute Gasteiger partial charge is 0.389 e. The summed E-state index contributed by atoms with van der Waals surface area (Å²) in [6.07, 6.45) is 0.262. The molecule has 1 aliphatic heterocycles. The Bertz CT molecular complexity index is 859. The number of nitriles is 1. The van der Waals surface area contributed by atoms with Crippen molar-refractivity contribution in [2.24, 2.45) is 0 Å². The fraction of sp³-hybridized carbons (Fsp3) is 0.235. The first-order chi connectivity index (χ1) is 11.4. The summed E-state index contributed by atoms with van der Waals surface area (Å²) >= 11 is 0. The highest BCUT2D eigenvalue weighted by molar-refractivity contribution is 6.06. The summed E-state index contributed by atoms with van der Waals surface area (Å²) in [5.41, 5.74) is 0.256. The van der Waals surface area contributed by atoms with Crippen LogP contribution in [0.2, 0.25) is 0 Å². The van der Waals surface area contributed by atoms with Crippen molar-refractivity contribution in [2.45, 2.75) is 25.5 Å². The van der Waals surface area contributed by atoms with Gasteiger partial charge in [-0.05, 0) is 30.7 Å². The predicted molar refractivity (Wildman–Crippen MR) is 81.1 cm³/mol. The number of fused-ring (bicyclic) bond motifs is 1. The number of alkyl halides is 2. The number of carbonyl (C=O) groups is 1. The Morgan fingerprint density at radius 3 is 2.83 bits per heavy atom. The summed E-state index contributed by atoms with van der Waals surface area (Å²) in [5, 5.41) is 18.6. The van der Waals surface area contributed by atoms with E-state index in [1.807, 2.05) is 6.07 Å². The Balaban J connectivity index is 2.07. The number of aliphatic hydroxyl groups excluding tert-OH is 1. The molecule has 24 heavy (non-hydrogen) atoms. The molecule has 1 aromatic heterocycles. The molecule has 1 aromatic carbocycles. The molecule has 7 heteroatoms. The number of hydrogen-bond acceptors (Lipinski definition) is 4. The van der Waals surface area contributed by atoms with Gasteiger partial charge in [0.05, 0.1) is 41.2 Å². The predicted octanol–water partition coefficient (Wildman–Crippen LogP) is 2.65. The minimum Gasteiger partial charge on any atom is -0.389 e. The van der Waals surface area contributed by atoms with E-state index in [1.54, 1.807) is 0 Å². The molecular formula is C17H13F2N3O2. The molecule has 5 nitrogen and oxygen atoms in total. The van der Waals surface area contributed by atoms with E-state index in [9.17, 15) is 18.7 Å². The Morgan fingerprint density at radius 1 is 1.42 bits per heavy atom. The maximum atomic E-state index is 14.5. The van der Waals surface area contributed by atoms with Crippen molar-refractivity contribution in [2.75, 3.05) is 4.90 Å². The molecule has 0 spiro atoms. The molecule has 0 unspecified atom stereocenters. The number of amides is 1. The van der Waals surface area contributed by atoms with Gasteiger partial charge in [-0.1, -0.05) is 12.1 Å². The van der Waals surface area contributed by atoms with Crippen molar-refractivity contribution in [3.05, 3.63) is 58.9 Å². The SMILES string of the molecule is C[C@H](O)c1cccc2c1C(F)(F)C(=O)N2Cc1cc(C#N)ccn1.